The van der Waals surface area contributed by atoms with Crippen LogP contribution in [0.5, 0.6) is 0 Å². The van der Waals surface area contributed by atoms with Crippen molar-refractivity contribution >= 4 is 39.2 Å². The number of methoxy groups -OCH3 is 1. The van der Waals surface area contributed by atoms with E-state index in [-0.39, 0.29) is 18.1 Å². The lowest BCUT2D eigenvalue weighted by Gasteiger charge is -2.07. The molecule has 2 N–H and O–H groups in total. The summed E-state index contributed by atoms with van der Waals surface area (Å²) in [4.78, 5) is 24.4. The molecule has 0 spiro atoms. The lowest BCUT2D eigenvalue weighted by Crippen LogP contribution is -2.22. The molecular formula is C21H21BrN4O3. The molecule has 29 heavy (non-hydrogen) atoms. The number of halogens is 1. The van der Waals surface area contributed by atoms with Crippen molar-refractivity contribution < 1.29 is 14.3 Å². The number of amides is 1. The summed E-state index contributed by atoms with van der Waals surface area (Å²) in [6.45, 7) is 0.623. The maximum absolute atomic E-state index is 12.3. The average Bonchev–Trinajstić information content (AvgIpc) is 3.14. The number of rotatable bonds is 8. The van der Waals surface area contributed by atoms with Crippen LogP contribution in [0, 0.1) is 0 Å². The van der Waals surface area contributed by atoms with E-state index in [9.17, 15) is 9.59 Å². The molecule has 0 atom stereocenters. The Morgan fingerprint density at radius 3 is 2.52 bits per heavy atom. The largest absolute Gasteiger partial charge is 0.464 e. The van der Waals surface area contributed by atoms with Gasteiger partial charge in [-0.05, 0) is 36.2 Å². The highest BCUT2D eigenvalue weighted by molar-refractivity contribution is 9.10. The summed E-state index contributed by atoms with van der Waals surface area (Å²) >= 11 is 3.37. The van der Waals surface area contributed by atoms with Gasteiger partial charge in [-0.15, -0.1) is 0 Å². The van der Waals surface area contributed by atoms with Gasteiger partial charge in [0.1, 0.15) is 0 Å². The SMILES string of the molecule is COC(=O)c1nn(CCc2ccccc2)cc1NC(=O)CNc1ccc(Br)cc1. The van der Waals surface area contributed by atoms with Crippen molar-refractivity contribution in [3.8, 4) is 0 Å². The maximum atomic E-state index is 12.3. The first kappa shape index (κ1) is 20.6. The number of nitrogens with zero attached hydrogens (tertiary/aromatic N) is 2. The second-order valence-electron chi connectivity index (χ2n) is 6.29. The second kappa shape index (κ2) is 9.88. The Morgan fingerprint density at radius 1 is 1.10 bits per heavy atom. The fourth-order valence-electron chi connectivity index (χ4n) is 2.71. The zero-order valence-corrected chi connectivity index (χ0v) is 17.5. The summed E-state index contributed by atoms with van der Waals surface area (Å²) in [5.41, 5.74) is 2.38. The van der Waals surface area contributed by atoms with Crippen LogP contribution in [-0.2, 0) is 22.5 Å². The predicted octanol–water partition coefficient (Wildman–Crippen LogP) is 3.73. The van der Waals surface area contributed by atoms with Gasteiger partial charge in [0.05, 0.1) is 19.3 Å². The predicted molar refractivity (Wildman–Crippen MR) is 115 cm³/mol. The third kappa shape index (κ3) is 5.92. The van der Waals surface area contributed by atoms with Crippen LogP contribution in [0.15, 0.2) is 65.3 Å². The van der Waals surface area contributed by atoms with E-state index < -0.39 is 5.97 Å². The maximum Gasteiger partial charge on any atom is 0.360 e. The minimum Gasteiger partial charge on any atom is -0.464 e. The van der Waals surface area contributed by atoms with E-state index in [0.717, 1.165) is 22.1 Å². The Morgan fingerprint density at radius 2 is 1.83 bits per heavy atom. The van der Waals surface area contributed by atoms with Crippen LogP contribution < -0.4 is 10.6 Å². The van der Waals surface area contributed by atoms with Crippen LogP contribution in [0.3, 0.4) is 0 Å². The second-order valence-corrected chi connectivity index (χ2v) is 7.21. The standard InChI is InChI=1S/C21H21BrN4O3/c1-29-21(28)20-18(14-26(25-20)12-11-15-5-3-2-4-6-15)24-19(27)13-23-17-9-7-16(22)8-10-17/h2-10,14,23H,11-13H2,1H3,(H,24,27). The van der Waals surface area contributed by atoms with Crippen molar-refractivity contribution in [3.05, 3.63) is 76.5 Å². The van der Waals surface area contributed by atoms with Crippen molar-refractivity contribution in [2.75, 3.05) is 24.3 Å². The summed E-state index contributed by atoms with van der Waals surface area (Å²) < 4.78 is 7.38. The van der Waals surface area contributed by atoms with Gasteiger partial charge in [-0.2, -0.15) is 5.10 Å². The fraction of sp³-hybridized carbons (Fsp3) is 0.190. The number of aromatic nitrogens is 2. The number of aryl methyl sites for hydroxylation is 2. The van der Waals surface area contributed by atoms with Crippen molar-refractivity contribution in [2.24, 2.45) is 0 Å². The van der Waals surface area contributed by atoms with E-state index in [1.807, 2.05) is 54.6 Å². The van der Waals surface area contributed by atoms with Gasteiger partial charge in [0.25, 0.3) is 0 Å². The van der Waals surface area contributed by atoms with Gasteiger partial charge in [-0.25, -0.2) is 4.79 Å². The Labute approximate surface area is 177 Å². The molecule has 3 aromatic rings. The number of nitrogens with one attached hydrogen (secondary N) is 2. The van der Waals surface area contributed by atoms with Gasteiger partial charge in [0.15, 0.2) is 5.69 Å². The van der Waals surface area contributed by atoms with Crippen LogP contribution in [0.4, 0.5) is 11.4 Å². The van der Waals surface area contributed by atoms with Gasteiger partial charge in [0.2, 0.25) is 5.91 Å². The lowest BCUT2D eigenvalue weighted by molar-refractivity contribution is -0.114. The minimum absolute atomic E-state index is 0.0530. The van der Waals surface area contributed by atoms with Crippen LogP contribution in [0.25, 0.3) is 0 Å². The molecule has 7 nitrogen and oxygen atoms in total. The highest BCUT2D eigenvalue weighted by Gasteiger charge is 2.19. The number of ether oxygens (including phenoxy) is 1. The molecule has 0 unspecified atom stereocenters. The molecule has 2 aromatic carbocycles. The quantitative estimate of drug-likeness (QED) is 0.504. The van der Waals surface area contributed by atoms with Gasteiger partial charge >= 0.3 is 5.97 Å². The number of hydrogen-bond donors (Lipinski definition) is 2. The molecule has 0 aliphatic heterocycles. The van der Waals surface area contributed by atoms with Crippen molar-refractivity contribution in [2.45, 2.75) is 13.0 Å². The highest BCUT2D eigenvalue weighted by Crippen LogP contribution is 2.17. The smallest absolute Gasteiger partial charge is 0.360 e. The molecule has 0 bridgehead atoms. The number of benzene rings is 2. The van der Waals surface area contributed by atoms with E-state index >= 15 is 0 Å². The summed E-state index contributed by atoms with van der Waals surface area (Å²) in [7, 11) is 1.28. The Kier molecular flexibility index (Phi) is 7.02. The van der Waals surface area contributed by atoms with Crippen LogP contribution in [0.1, 0.15) is 16.1 Å². The van der Waals surface area contributed by atoms with Crippen LogP contribution in [0.2, 0.25) is 0 Å². The van der Waals surface area contributed by atoms with Crippen molar-refractivity contribution in [1.82, 2.24) is 9.78 Å². The normalized spacial score (nSPS) is 10.4. The molecule has 0 radical (unpaired) electrons. The Bertz CT molecular complexity index is 971. The zero-order chi connectivity index (χ0) is 20.6. The van der Waals surface area contributed by atoms with Gasteiger partial charge in [-0.1, -0.05) is 46.3 Å². The van der Waals surface area contributed by atoms with E-state index in [1.165, 1.54) is 7.11 Å². The first-order valence-corrected chi connectivity index (χ1v) is 9.83. The number of esters is 1. The van der Waals surface area contributed by atoms with Crippen LogP contribution >= 0.6 is 15.9 Å². The van der Waals surface area contributed by atoms with Crippen molar-refractivity contribution in [3.63, 3.8) is 0 Å². The Hall–Kier alpha value is -3.13. The fourth-order valence-corrected chi connectivity index (χ4v) is 2.97. The summed E-state index contributed by atoms with van der Waals surface area (Å²) in [6.07, 6.45) is 2.40. The molecule has 0 aliphatic carbocycles. The first-order chi connectivity index (χ1) is 14.0. The molecule has 3 rings (SSSR count). The molecule has 150 valence electrons. The molecule has 1 aromatic heterocycles. The monoisotopic (exact) mass is 456 g/mol. The lowest BCUT2D eigenvalue weighted by atomic mass is 10.1. The van der Waals surface area contributed by atoms with Crippen molar-refractivity contribution in [1.29, 1.82) is 0 Å². The van der Waals surface area contributed by atoms with E-state index in [0.29, 0.717) is 12.2 Å². The zero-order valence-electron chi connectivity index (χ0n) is 15.9. The molecular weight excluding hydrogens is 436 g/mol. The summed E-state index contributed by atoms with van der Waals surface area (Å²) in [5.74, 6) is -0.889. The summed E-state index contributed by atoms with van der Waals surface area (Å²) in [6, 6.07) is 17.5. The third-order valence-corrected chi connectivity index (χ3v) is 4.71. The molecule has 0 saturated heterocycles. The highest BCUT2D eigenvalue weighted by atomic mass is 79.9. The topological polar surface area (TPSA) is 85.2 Å². The molecule has 1 amide bonds. The molecule has 0 fully saturated rings. The first-order valence-electron chi connectivity index (χ1n) is 9.04. The minimum atomic E-state index is -0.598. The van der Waals surface area contributed by atoms with E-state index in [2.05, 4.69) is 31.7 Å². The molecule has 1 heterocycles. The van der Waals surface area contributed by atoms with E-state index in [1.54, 1.807) is 10.9 Å². The molecule has 8 heteroatoms. The number of carbonyl (C=O) groups is 2. The number of carbonyl (C=O) groups excluding carboxylic acids is 2. The number of anilines is 2. The van der Waals surface area contributed by atoms with Gasteiger partial charge in [-0.3, -0.25) is 9.48 Å². The molecule has 0 aliphatic rings. The average molecular weight is 457 g/mol. The molecule has 0 saturated carbocycles. The number of hydrogen-bond acceptors (Lipinski definition) is 5. The third-order valence-electron chi connectivity index (χ3n) is 4.18. The van der Waals surface area contributed by atoms with Crippen LogP contribution in [-0.4, -0.2) is 35.3 Å². The van der Waals surface area contributed by atoms with Gasteiger partial charge in [0, 0.05) is 22.9 Å². The van der Waals surface area contributed by atoms with E-state index in [4.69, 9.17) is 4.74 Å². The summed E-state index contributed by atoms with van der Waals surface area (Å²) in [5, 5.41) is 10.0. The Balaban J connectivity index is 1.64. The van der Waals surface area contributed by atoms with Gasteiger partial charge < -0.3 is 15.4 Å².